The Morgan fingerprint density at radius 1 is 1.10 bits per heavy atom. The van der Waals surface area contributed by atoms with Crippen LogP contribution >= 0.6 is 11.8 Å². The van der Waals surface area contributed by atoms with E-state index in [9.17, 15) is 4.79 Å². The van der Waals surface area contributed by atoms with Gasteiger partial charge >= 0.3 is 0 Å². The molecule has 1 N–H and O–H groups in total. The molecule has 6 nitrogen and oxygen atoms in total. The van der Waals surface area contributed by atoms with Crippen molar-refractivity contribution in [3.63, 3.8) is 0 Å². The number of aryl methyl sites for hydroxylation is 2. The third-order valence-electron chi connectivity index (χ3n) is 4.40. The minimum atomic E-state index is -0.129. The second-order valence-corrected chi connectivity index (χ2v) is 7.36. The summed E-state index contributed by atoms with van der Waals surface area (Å²) in [6.45, 7) is 4.56. The second-order valence-electron chi connectivity index (χ2n) is 6.34. The third-order valence-corrected chi connectivity index (χ3v) is 5.50. The second kappa shape index (κ2) is 10.0. The van der Waals surface area contributed by atoms with Crippen molar-refractivity contribution in [1.29, 1.82) is 0 Å². The molecule has 0 aliphatic heterocycles. The quantitative estimate of drug-likeness (QED) is 0.415. The summed E-state index contributed by atoms with van der Waals surface area (Å²) in [7, 11) is 1.60. The highest BCUT2D eigenvalue weighted by atomic mass is 32.2. The fraction of sp³-hybridized carbons (Fsp3) is 0.273. The molecule has 1 heterocycles. The maximum atomic E-state index is 12.7. The smallest absolute Gasteiger partial charge is 0.252 e. The zero-order valence-corrected chi connectivity index (χ0v) is 17.5. The van der Waals surface area contributed by atoms with E-state index in [4.69, 9.17) is 14.0 Å². The summed E-state index contributed by atoms with van der Waals surface area (Å²) in [6.07, 6.45) is 0. The average Bonchev–Trinajstić information content (AvgIpc) is 3.07. The van der Waals surface area contributed by atoms with E-state index >= 15 is 0 Å². The highest BCUT2D eigenvalue weighted by Gasteiger charge is 2.14. The van der Waals surface area contributed by atoms with Gasteiger partial charge in [0.15, 0.2) is 11.5 Å². The molecular weight excluding hydrogens is 388 g/mol. The van der Waals surface area contributed by atoms with Gasteiger partial charge in [-0.15, -0.1) is 11.8 Å². The molecule has 0 atom stereocenters. The first-order valence-electron chi connectivity index (χ1n) is 9.27. The molecule has 0 saturated carbocycles. The molecule has 2 aromatic carbocycles. The molecule has 0 unspecified atom stereocenters. The summed E-state index contributed by atoms with van der Waals surface area (Å²) in [4.78, 5) is 13.6. The Hall–Kier alpha value is -2.93. The van der Waals surface area contributed by atoms with Crippen molar-refractivity contribution in [3.05, 3.63) is 71.1 Å². The topological polar surface area (TPSA) is 73.6 Å². The highest BCUT2D eigenvalue weighted by Crippen LogP contribution is 2.29. The monoisotopic (exact) mass is 412 g/mol. The Morgan fingerprint density at radius 3 is 2.55 bits per heavy atom. The van der Waals surface area contributed by atoms with Crippen molar-refractivity contribution >= 4 is 17.7 Å². The first-order valence-corrected chi connectivity index (χ1v) is 10.3. The van der Waals surface area contributed by atoms with Gasteiger partial charge < -0.3 is 19.3 Å². The molecule has 0 aliphatic carbocycles. The molecule has 0 radical (unpaired) electrons. The Labute approximate surface area is 174 Å². The van der Waals surface area contributed by atoms with Gasteiger partial charge in [-0.25, -0.2) is 0 Å². The van der Waals surface area contributed by atoms with Crippen molar-refractivity contribution in [2.45, 2.75) is 24.5 Å². The number of aromatic nitrogens is 1. The SMILES string of the molecule is COc1ccccc1OCCNC(=O)c1ccccc1SCc1c(C)noc1C. The molecule has 3 rings (SSSR count). The normalized spacial score (nSPS) is 10.6. The number of ether oxygens (including phenoxy) is 2. The van der Waals surface area contributed by atoms with Crippen LogP contribution < -0.4 is 14.8 Å². The Kier molecular flexibility index (Phi) is 7.19. The zero-order chi connectivity index (χ0) is 20.6. The molecule has 0 aliphatic rings. The van der Waals surface area contributed by atoms with Crippen molar-refractivity contribution in [2.24, 2.45) is 0 Å². The van der Waals surface area contributed by atoms with Crippen LogP contribution in [0.3, 0.4) is 0 Å². The lowest BCUT2D eigenvalue weighted by atomic mass is 10.2. The standard InChI is InChI=1S/C22H24N2O4S/c1-15-18(16(2)28-24-15)14-29-21-11-7-4-8-17(21)22(25)23-12-13-27-20-10-6-5-9-19(20)26-3/h4-11H,12-14H2,1-3H3,(H,23,25). The molecule has 0 fully saturated rings. The summed E-state index contributed by atoms with van der Waals surface area (Å²) in [5.41, 5.74) is 2.59. The summed E-state index contributed by atoms with van der Waals surface area (Å²) < 4.78 is 16.2. The number of para-hydroxylation sites is 2. The number of thioether (sulfide) groups is 1. The molecule has 0 spiro atoms. The molecule has 3 aromatic rings. The Balaban J connectivity index is 1.55. The molecule has 1 aromatic heterocycles. The van der Waals surface area contributed by atoms with Gasteiger partial charge in [0.25, 0.3) is 5.91 Å². The number of amides is 1. The highest BCUT2D eigenvalue weighted by molar-refractivity contribution is 7.98. The number of benzene rings is 2. The number of methoxy groups -OCH3 is 1. The predicted octanol–water partition coefficient (Wildman–Crippen LogP) is 4.40. The molecule has 152 valence electrons. The van der Waals surface area contributed by atoms with Crippen LogP contribution in [0, 0.1) is 13.8 Å². The molecule has 7 heteroatoms. The number of carbonyl (C=O) groups is 1. The summed E-state index contributed by atoms with van der Waals surface area (Å²) in [5.74, 6) is 2.70. The van der Waals surface area contributed by atoms with E-state index in [0.717, 1.165) is 21.9 Å². The summed E-state index contributed by atoms with van der Waals surface area (Å²) in [5, 5.41) is 6.90. The van der Waals surface area contributed by atoms with Crippen LogP contribution in [0.2, 0.25) is 0 Å². The van der Waals surface area contributed by atoms with Crippen molar-refractivity contribution < 1.29 is 18.8 Å². The third kappa shape index (κ3) is 5.32. The lowest BCUT2D eigenvalue weighted by molar-refractivity contribution is 0.0944. The number of nitrogens with zero attached hydrogens (tertiary/aromatic N) is 1. The van der Waals surface area contributed by atoms with E-state index in [1.165, 1.54) is 0 Å². The molecule has 0 bridgehead atoms. The van der Waals surface area contributed by atoms with Crippen LogP contribution in [0.1, 0.15) is 27.4 Å². The number of hydrogen-bond donors (Lipinski definition) is 1. The number of carbonyl (C=O) groups excluding carboxylic acids is 1. The van der Waals surface area contributed by atoms with E-state index in [0.29, 0.717) is 36.0 Å². The molecule has 0 saturated heterocycles. The van der Waals surface area contributed by atoms with E-state index in [1.54, 1.807) is 18.9 Å². The number of nitrogens with one attached hydrogen (secondary N) is 1. The largest absolute Gasteiger partial charge is 0.493 e. The van der Waals surface area contributed by atoms with Gasteiger partial charge in [0, 0.05) is 16.2 Å². The fourth-order valence-corrected chi connectivity index (χ4v) is 4.00. The van der Waals surface area contributed by atoms with Crippen LogP contribution in [0.5, 0.6) is 11.5 Å². The minimum Gasteiger partial charge on any atom is -0.493 e. The Morgan fingerprint density at radius 2 is 1.83 bits per heavy atom. The molecule has 1 amide bonds. The first kappa shape index (κ1) is 20.8. The predicted molar refractivity (Wildman–Crippen MR) is 113 cm³/mol. The van der Waals surface area contributed by atoms with Gasteiger partial charge in [-0.3, -0.25) is 4.79 Å². The van der Waals surface area contributed by atoms with E-state index in [1.807, 2.05) is 62.4 Å². The van der Waals surface area contributed by atoms with E-state index < -0.39 is 0 Å². The Bertz CT molecular complexity index is 951. The van der Waals surface area contributed by atoms with Gasteiger partial charge in [-0.05, 0) is 38.1 Å². The number of rotatable bonds is 9. The first-order chi connectivity index (χ1) is 14.1. The number of hydrogen-bond acceptors (Lipinski definition) is 6. The van der Waals surface area contributed by atoms with Crippen LogP contribution in [-0.2, 0) is 5.75 Å². The van der Waals surface area contributed by atoms with Crippen LogP contribution in [0.4, 0.5) is 0 Å². The molecule has 29 heavy (non-hydrogen) atoms. The van der Waals surface area contributed by atoms with E-state index in [2.05, 4.69) is 10.5 Å². The van der Waals surface area contributed by atoms with Crippen molar-refractivity contribution in [1.82, 2.24) is 10.5 Å². The lowest BCUT2D eigenvalue weighted by Crippen LogP contribution is -2.28. The maximum Gasteiger partial charge on any atom is 0.252 e. The average molecular weight is 413 g/mol. The van der Waals surface area contributed by atoms with Crippen LogP contribution in [-0.4, -0.2) is 31.3 Å². The van der Waals surface area contributed by atoms with Gasteiger partial charge in [0.2, 0.25) is 0 Å². The van der Waals surface area contributed by atoms with Gasteiger partial charge in [-0.2, -0.15) is 0 Å². The summed E-state index contributed by atoms with van der Waals surface area (Å²) >= 11 is 1.59. The van der Waals surface area contributed by atoms with Crippen LogP contribution in [0.15, 0.2) is 57.9 Å². The van der Waals surface area contributed by atoms with Crippen LogP contribution in [0.25, 0.3) is 0 Å². The van der Waals surface area contributed by atoms with Crippen molar-refractivity contribution in [2.75, 3.05) is 20.3 Å². The fourth-order valence-electron chi connectivity index (χ4n) is 2.80. The zero-order valence-electron chi connectivity index (χ0n) is 16.7. The lowest BCUT2D eigenvalue weighted by Gasteiger charge is -2.12. The van der Waals surface area contributed by atoms with Gasteiger partial charge in [0.1, 0.15) is 12.4 Å². The minimum absolute atomic E-state index is 0.129. The van der Waals surface area contributed by atoms with E-state index in [-0.39, 0.29) is 5.91 Å². The maximum absolute atomic E-state index is 12.7. The van der Waals surface area contributed by atoms with Gasteiger partial charge in [-0.1, -0.05) is 29.4 Å². The van der Waals surface area contributed by atoms with Gasteiger partial charge in [0.05, 0.1) is 24.9 Å². The summed E-state index contributed by atoms with van der Waals surface area (Å²) in [6, 6.07) is 15.0. The molecular formula is C22H24N2O4S. The van der Waals surface area contributed by atoms with Crippen molar-refractivity contribution in [3.8, 4) is 11.5 Å².